The number of aromatic amines is 1. The number of pyridine rings is 3. The molecule has 0 saturated heterocycles. The third kappa shape index (κ3) is 3.75. The first-order valence-electron chi connectivity index (χ1n) is 12.2. The average molecular weight is 528 g/mol. The predicted molar refractivity (Wildman–Crippen MR) is 134 cm³/mol. The second kappa shape index (κ2) is 8.51. The second-order valence-electron chi connectivity index (χ2n) is 9.25. The van der Waals surface area contributed by atoms with Crippen molar-refractivity contribution in [1.82, 2.24) is 39.1 Å². The lowest BCUT2D eigenvalue weighted by Crippen LogP contribution is -2.41. The van der Waals surface area contributed by atoms with E-state index in [-0.39, 0.29) is 11.4 Å². The van der Waals surface area contributed by atoms with Crippen LogP contribution in [0.4, 0.5) is 13.2 Å². The van der Waals surface area contributed by atoms with Crippen LogP contribution in [0.3, 0.4) is 0 Å². The summed E-state index contributed by atoms with van der Waals surface area (Å²) in [4.78, 5) is 27.5. The lowest BCUT2D eigenvalue weighted by atomic mass is 9.98. The van der Waals surface area contributed by atoms with E-state index in [1.54, 1.807) is 33.9 Å². The van der Waals surface area contributed by atoms with Crippen LogP contribution in [0.15, 0.2) is 79.5 Å². The Morgan fingerprint density at radius 1 is 1.05 bits per heavy atom. The molecular weight excluding hydrogens is 509 g/mol. The number of fused-ring (bicyclic) bond motifs is 3. The maximum Gasteiger partial charge on any atom is 0.433 e. The minimum absolute atomic E-state index is 0.271. The van der Waals surface area contributed by atoms with Crippen molar-refractivity contribution in [1.29, 1.82) is 0 Å². The van der Waals surface area contributed by atoms with E-state index in [0.717, 1.165) is 27.5 Å². The molecular formula is C27H19F3N8O. The van der Waals surface area contributed by atoms with Crippen LogP contribution in [0, 0.1) is 0 Å². The molecule has 0 radical (unpaired) electrons. The van der Waals surface area contributed by atoms with Crippen LogP contribution in [0.2, 0.25) is 0 Å². The van der Waals surface area contributed by atoms with Gasteiger partial charge in [0.05, 0.1) is 46.2 Å². The molecule has 0 aliphatic carbocycles. The van der Waals surface area contributed by atoms with Crippen LogP contribution in [0.5, 0.6) is 0 Å². The number of carbonyl (C=O) groups is 1. The number of carbonyl (C=O) groups excluding carboxylic acids is 1. The Morgan fingerprint density at radius 3 is 2.77 bits per heavy atom. The van der Waals surface area contributed by atoms with Gasteiger partial charge in [-0.25, -0.2) is 14.0 Å². The molecule has 0 saturated carbocycles. The number of halogens is 3. The molecule has 0 spiro atoms. The summed E-state index contributed by atoms with van der Waals surface area (Å²) in [5.41, 5.74) is 3.62. The smallest absolute Gasteiger partial charge is 0.348 e. The van der Waals surface area contributed by atoms with Gasteiger partial charge in [-0.1, -0.05) is 12.1 Å². The SMILES string of the molecule is O=C(c1cnn2cc(-c3ccccn3)ccc12)N1CCc2[nH]cnc2[C@H]1c1cc2cccc(C(F)(F)F)n2n1. The maximum atomic E-state index is 14.0. The van der Waals surface area contributed by atoms with E-state index in [0.29, 0.717) is 35.4 Å². The molecule has 1 aliphatic rings. The molecule has 0 bridgehead atoms. The van der Waals surface area contributed by atoms with Crippen LogP contribution in [0.25, 0.3) is 22.3 Å². The van der Waals surface area contributed by atoms with E-state index in [1.165, 1.54) is 18.6 Å². The molecule has 7 heterocycles. The molecule has 1 atom stereocenters. The minimum atomic E-state index is -4.59. The van der Waals surface area contributed by atoms with Gasteiger partial charge in [-0.15, -0.1) is 0 Å². The molecule has 7 rings (SSSR count). The number of hydrogen-bond donors (Lipinski definition) is 1. The van der Waals surface area contributed by atoms with Crippen molar-refractivity contribution in [3.8, 4) is 11.3 Å². The van der Waals surface area contributed by atoms with E-state index in [1.807, 2.05) is 30.3 Å². The lowest BCUT2D eigenvalue weighted by molar-refractivity contribution is -0.142. The topological polar surface area (TPSA) is 96.5 Å². The Kier molecular flexibility index (Phi) is 5.05. The van der Waals surface area contributed by atoms with Crippen molar-refractivity contribution in [3.05, 3.63) is 108 Å². The zero-order valence-electron chi connectivity index (χ0n) is 20.2. The van der Waals surface area contributed by atoms with Crippen LogP contribution in [-0.4, -0.2) is 51.5 Å². The first-order valence-corrected chi connectivity index (χ1v) is 12.2. The largest absolute Gasteiger partial charge is 0.433 e. The van der Waals surface area contributed by atoms with E-state index >= 15 is 0 Å². The fraction of sp³-hybridized carbons (Fsp3) is 0.148. The number of H-pyrrole nitrogens is 1. The van der Waals surface area contributed by atoms with Gasteiger partial charge in [-0.3, -0.25) is 9.78 Å². The molecule has 194 valence electrons. The van der Waals surface area contributed by atoms with Gasteiger partial charge in [0.2, 0.25) is 0 Å². The van der Waals surface area contributed by atoms with E-state index in [9.17, 15) is 18.0 Å². The quantitative estimate of drug-likeness (QED) is 0.363. The van der Waals surface area contributed by atoms with Crippen molar-refractivity contribution < 1.29 is 18.0 Å². The third-order valence-corrected chi connectivity index (χ3v) is 6.97. The lowest BCUT2D eigenvalue weighted by Gasteiger charge is -2.33. The van der Waals surface area contributed by atoms with Crippen molar-refractivity contribution in [2.45, 2.75) is 18.6 Å². The highest BCUT2D eigenvalue weighted by molar-refractivity contribution is 6.01. The molecule has 12 heteroatoms. The van der Waals surface area contributed by atoms with Gasteiger partial charge in [0.1, 0.15) is 11.7 Å². The number of nitrogens with zero attached hydrogens (tertiary/aromatic N) is 7. The van der Waals surface area contributed by atoms with Crippen molar-refractivity contribution in [3.63, 3.8) is 0 Å². The summed E-state index contributed by atoms with van der Waals surface area (Å²) in [6.45, 7) is 0.321. The molecule has 6 aromatic rings. The van der Waals surface area contributed by atoms with Crippen molar-refractivity contribution >= 4 is 16.9 Å². The molecule has 0 aromatic carbocycles. The number of amides is 1. The Labute approximate surface area is 218 Å². The van der Waals surface area contributed by atoms with Crippen LogP contribution in [0.1, 0.15) is 39.2 Å². The number of rotatable bonds is 3. The summed E-state index contributed by atoms with van der Waals surface area (Å²) in [5.74, 6) is -0.317. The van der Waals surface area contributed by atoms with Gasteiger partial charge >= 0.3 is 6.18 Å². The number of hydrogen-bond acceptors (Lipinski definition) is 5. The van der Waals surface area contributed by atoms with Crippen LogP contribution < -0.4 is 0 Å². The first-order chi connectivity index (χ1) is 18.9. The zero-order chi connectivity index (χ0) is 26.7. The van der Waals surface area contributed by atoms with Crippen molar-refractivity contribution in [2.75, 3.05) is 6.54 Å². The predicted octanol–water partition coefficient (Wildman–Crippen LogP) is 4.57. The first kappa shape index (κ1) is 23.1. The number of nitrogens with one attached hydrogen (secondary N) is 1. The highest BCUT2D eigenvalue weighted by Gasteiger charge is 2.39. The van der Waals surface area contributed by atoms with Crippen molar-refractivity contribution in [2.24, 2.45) is 0 Å². The van der Waals surface area contributed by atoms with Gasteiger partial charge in [-0.2, -0.15) is 23.4 Å². The molecule has 0 unspecified atom stereocenters. The summed E-state index contributed by atoms with van der Waals surface area (Å²) >= 11 is 0. The average Bonchev–Trinajstić information content (AvgIpc) is 3.69. The number of aromatic nitrogens is 7. The summed E-state index contributed by atoms with van der Waals surface area (Å²) in [5, 5.41) is 8.72. The molecule has 6 aromatic heterocycles. The Morgan fingerprint density at radius 2 is 1.95 bits per heavy atom. The summed E-state index contributed by atoms with van der Waals surface area (Å²) < 4.78 is 43.5. The van der Waals surface area contributed by atoms with Gasteiger partial charge in [0.25, 0.3) is 5.91 Å². The third-order valence-electron chi connectivity index (χ3n) is 6.97. The number of imidazole rings is 1. The summed E-state index contributed by atoms with van der Waals surface area (Å²) in [7, 11) is 0. The normalized spacial score (nSPS) is 15.7. The summed E-state index contributed by atoms with van der Waals surface area (Å²) in [6, 6.07) is 13.9. The molecule has 39 heavy (non-hydrogen) atoms. The fourth-order valence-electron chi connectivity index (χ4n) is 5.17. The fourth-order valence-corrected chi connectivity index (χ4v) is 5.17. The van der Waals surface area contributed by atoms with E-state index < -0.39 is 17.9 Å². The Hall–Kier alpha value is -5.00. The van der Waals surface area contributed by atoms with E-state index in [2.05, 4.69) is 25.1 Å². The zero-order valence-corrected chi connectivity index (χ0v) is 20.2. The minimum Gasteiger partial charge on any atom is -0.348 e. The molecule has 0 fully saturated rings. The number of alkyl halides is 3. The maximum absolute atomic E-state index is 14.0. The molecule has 1 aliphatic heterocycles. The monoisotopic (exact) mass is 528 g/mol. The Balaban J connectivity index is 1.31. The summed E-state index contributed by atoms with van der Waals surface area (Å²) in [6.07, 6.45) is 2.46. The van der Waals surface area contributed by atoms with Crippen LogP contribution >= 0.6 is 0 Å². The van der Waals surface area contributed by atoms with Gasteiger partial charge in [0, 0.05) is 36.6 Å². The molecule has 1 N–H and O–H groups in total. The van der Waals surface area contributed by atoms with Crippen LogP contribution in [-0.2, 0) is 12.6 Å². The molecule has 9 nitrogen and oxygen atoms in total. The highest BCUT2D eigenvalue weighted by Crippen LogP contribution is 2.36. The van der Waals surface area contributed by atoms with Gasteiger partial charge in [0.15, 0.2) is 0 Å². The molecule has 1 amide bonds. The van der Waals surface area contributed by atoms with Gasteiger partial charge < -0.3 is 9.88 Å². The Bertz CT molecular complexity index is 1850. The second-order valence-corrected chi connectivity index (χ2v) is 9.25. The standard InChI is InChI=1S/C27H19F3N8O/c28-27(29,30)23-6-3-4-17-12-21(35-38(17)23)25-24-20(32-15-33-24)9-11-36(25)26(39)18-13-34-37-14-16(7-8-22(18)37)19-5-1-2-10-31-19/h1-8,10,12-15,25H,9,11H2,(H,32,33)/t25-/m1/s1. The highest BCUT2D eigenvalue weighted by atomic mass is 19.4. The van der Waals surface area contributed by atoms with E-state index in [4.69, 9.17) is 0 Å². The van der Waals surface area contributed by atoms with Gasteiger partial charge in [-0.05, 0) is 42.5 Å².